The summed E-state index contributed by atoms with van der Waals surface area (Å²) in [6.07, 6.45) is 6.81. The summed E-state index contributed by atoms with van der Waals surface area (Å²) in [5.41, 5.74) is 5.83. The van der Waals surface area contributed by atoms with Crippen LogP contribution in [0.2, 0.25) is 0 Å². The Morgan fingerprint density at radius 1 is 1.12 bits per heavy atom. The maximum absolute atomic E-state index is 5.83. The Labute approximate surface area is 106 Å². The third kappa shape index (κ3) is 3.67. The van der Waals surface area contributed by atoms with Gasteiger partial charge in [-0.2, -0.15) is 0 Å². The lowest BCUT2D eigenvalue weighted by molar-refractivity contribution is 0.115. The van der Waals surface area contributed by atoms with Gasteiger partial charge in [0.05, 0.1) is 0 Å². The van der Waals surface area contributed by atoms with E-state index in [0.29, 0.717) is 6.04 Å². The van der Waals surface area contributed by atoms with Gasteiger partial charge in [0.15, 0.2) is 0 Å². The Hall–Kier alpha value is -0.120. The molecule has 0 aromatic heterocycles. The predicted octanol–water partition coefficient (Wildman–Crippen LogP) is 1.53. The van der Waals surface area contributed by atoms with Crippen LogP contribution in [-0.4, -0.2) is 55.1 Å². The van der Waals surface area contributed by atoms with Gasteiger partial charge < -0.3 is 10.6 Å². The normalized spacial score (nSPS) is 26.5. The highest BCUT2D eigenvalue weighted by molar-refractivity contribution is 4.80. The SMILES string of the molecule is CCC(CN)N1CCC(CN2CCCC2)CC1. The number of likely N-dealkylation sites (tertiary alicyclic amines) is 2. The summed E-state index contributed by atoms with van der Waals surface area (Å²) in [5.74, 6) is 0.944. The second kappa shape index (κ2) is 6.72. The highest BCUT2D eigenvalue weighted by atomic mass is 15.2. The van der Waals surface area contributed by atoms with E-state index in [1.807, 2.05) is 0 Å². The molecule has 17 heavy (non-hydrogen) atoms. The van der Waals surface area contributed by atoms with Crippen LogP contribution in [-0.2, 0) is 0 Å². The minimum atomic E-state index is 0.628. The first kappa shape index (κ1) is 13.3. The number of nitrogens with zero attached hydrogens (tertiary/aromatic N) is 2. The zero-order valence-electron chi connectivity index (χ0n) is 11.4. The fraction of sp³-hybridized carbons (Fsp3) is 1.00. The highest BCUT2D eigenvalue weighted by Crippen LogP contribution is 2.22. The molecule has 0 amide bonds. The molecule has 3 heteroatoms. The molecule has 2 fully saturated rings. The lowest BCUT2D eigenvalue weighted by Gasteiger charge is -2.37. The van der Waals surface area contributed by atoms with Crippen molar-refractivity contribution < 1.29 is 0 Å². The van der Waals surface area contributed by atoms with Gasteiger partial charge in [0.25, 0.3) is 0 Å². The molecule has 2 heterocycles. The number of hydrogen-bond donors (Lipinski definition) is 1. The minimum Gasteiger partial charge on any atom is -0.329 e. The molecule has 2 saturated heterocycles. The Kier molecular flexibility index (Phi) is 5.26. The van der Waals surface area contributed by atoms with Crippen LogP contribution in [0, 0.1) is 5.92 Å². The maximum Gasteiger partial charge on any atom is 0.0215 e. The molecule has 2 N–H and O–H groups in total. The van der Waals surface area contributed by atoms with Crippen molar-refractivity contribution in [1.29, 1.82) is 0 Å². The van der Waals surface area contributed by atoms with Crippen molar-refractivity contribution in [3.63, 3.8) is 0 Å². The van der Waals surface area contributed by atoms with E-state index in [4.69, 9.17) is 5.73 Å². The standard InChI is InChI=1S/C14H29N3/c1-2-14(11-15)17-9-5-13(6-10-17)12-16-7-3-4-8-16/h13-14H,2-12,15H2,1H3. The Bertz CT molecular complexity index is 202. The van der Waals surface area contributed by atoms with E-state index in [1.54, 1.807) is 0 Å². The van der Waals surface area contributed by atoms with Crippen LogP contribution in [0.15, 0.2) is 0 Å². The molecule has 3 nitrogen and oxygen atoms in total. The summed E-state index contributed by atoms with van der Waals surface area (Å²) in [7, 11) is 0. The highest BCUT2D eigenvalue weighted by Gasteiger charge is 2.25. The van der Waals surface area contributed by atoms with E-state index in [9.17, 15) is 0 Å². The van der Waals surface area contributed by atoms with Crippen LogP contribution < -0.4 is 5.73 Å². The van der Waals surface area contributed by atoms with Gasteiger partial charge in [-0.25, -0.2) is 0 Å². The lowest BCUT2D eigenvalue weighted by Crippen LogP contribution is -2.46. The van der Waals surface area contributed by atoms with Crippen LogP contribution >= 0.6 is 0 Å². The Morgan fingerprint density at radius 3 is 2.29 bits per heavy atom. The molecule has 0 aromatic rings. The van der Waals surface area contributed by atoms with E-state index >= 15 is 0 Å². The molecule has 1 atom stereocenters. The van der Waals surface area contributed by atoms with Crippen molar-refractivity contribution in [3.8, 4) is 0 Å². The summed E-state index contributed by atoms with van der Waals surface area (Å²) in [5, 5.41) is 0. The third-order valence-electron chi connectivity index (χ3n) is 4.62. The maximum atomic E-state index is 5.83. The van der Waals surface area contributed by atoms with Gasteiger partial charge in [0, 0.05) is 19.1 Å². The second-order valence-corrected chi connectivity index (χ2v) is 5.78. The summed E-state index contributed by atoms with van der Waals surface area (Å²) < 4.78 is 0. The van der Waals surface area contributed by atoms with Crippen molar-refractivity contribution in [1.82, 2.24) is 9.80 Å². The molecule has 1 unspecified atom stereocenters. The summed E-state index contributed by atoms with van der Waals surface area (Å²) in [6.45, 7) is 9.68. The average molecular weight is 239 g/mol. The average Bonchev–Trinajstić information content (AvgIpc) is 2.86. The van der Waals surface area contributed by atoms with Crippen molar-refractivity contribution in [2.45, 2.75) is 45.1 Å². The molecule has 0 spiro atoms. The molecule has 0 aliphatic carbocycles. The van der Waals surface area contributed by atoms with Crippen molar-refractivity contribution in [3.05, 3.63) is 0 Å². The van der Waals surface area contributed by atoms with E-state index in [1.165, 1.54) is 64.8 Å². The Morgan fingerprint density at radius 2 is 1.76 bits per heavy atom. The van der Waals surface area contributed by atoms with E-state index in [-0.39, 0.29) is 0 Å². The Balaban J connectivity index is 1.69. The predicted molar refractivity (Wildman–Crippen MR) is 73.1 cm³/mol. The zero-order chi connectivity index (χ0) is 12.1. The fourth-order valence-electron chi connectivity index (χ4n) is 3.40. The van der Waals surface area contributed by atoms with Crippen LogP contribution in [0.1, 0.15) is 39.0 Å². The zero-order valence-corrected chi connectivity index (χ0v) is 11.4. The minimum absolute atomic E-state index is 0.628. The van der Waals surface area contributed by atoms with Gasteiger partial charge in [-0.3, -0.25) is 4.90 Å². The number of nitrogens with two attached hydrogens (primary N) is 1. The molecular weight excluding hydrogens is 210 g/mol. The van der Waals surface area contributed by atoms with Gasteiger partial charge in [0.2, 0.25) is 0 Å². The molecule has 2 rings (SSSR count). The monoisotopic (exact) mass is 239 g/mol. The summed E-state index contributed by atoms with van der Waals surface area (Å²) >= 11 is 0. The largest absolute Gasteiger partial charge is 0.329 e. The van der Waals surface area contributed by atoms with Crippen molar-refractivity contribution in [2.24, 2.45) is 11.7 Å². The smallest absolute Gasteiger partial charge is 0.0215 e. The molecular formula is C14H29N3. The van der Waals surface area contributed by atoms with Crippen LogP contribution in [0.3, 0.4) is 0 Å². The topological polar surface area (TPSA) is 32.5 Å². The van der Waals surface area contributed by atoms with Gasteiger partial charge >= 0.3 is 0 Å². The third-order valence-corrected chi connectivity index (χ3v) is 4.62. The van der Waals surface area contributed by atoms with E-state index in [2.05, 4.69) is 16.7 Å². The second-order valence-electron chi connectivity index (χ2n) is 5.78. The van der Waals surface area contributed by atoms with Crippen LogP contribution in [0.25, 0.3) is 0 Å². The first-order valence-electron chi connectivity index (χ1n) is 7.50. The molecule has 100 valence electrons. The van der Waals surface area contributed by atoms with Crippen molar-refractivity contribution in [2.75, 3.05) is 39.3 Å². The van der Waals surface area contributed by atoms with E-state index < -0.39 is 0 Å². The lowest BCUT2D eigenvalue weighted by atomic mass is 9.95. The molecule has 2 aliphatic rings. The van der Waals surface area contributed by atoms with E-state index in [0.717, 1.165) is 12.5 Å². The van der Waals surface area contributed by atoms with Crippen molar-refractivity contribution >= 4 is 0 Å². The number of rotatable bonds is 5. The summed E-state index contributed by atoms with van der Waals surface area (Å²) in [4.78, 5) is 5.28. The molecule has 0 aromatic carbocycles. The van der Waals surface area contributed by atoms with Gasteiger partial charge in [0.1, 0.15) is 0 Å². The van der Waals surface area contributed by atoms with Gasteiger partial charge in [-0.15, -0.1) is 0 Å². The number of piperidine rings is 1. The summed E-state index contributed by atoms with van der Waals surface area (Å²) in [6, 6.07) is 0.628. The quantitative estimate of drug-likeness (QED) is 0.790. The molecule has 0 bridgehead atoms. The van der Waals surface area contributed by atoms with Gasteiger partial charge in [-0.1, -0.05) is 6.92 Å². The van der Waals surface area contributed by atoms with Crippen LogP contribution in [0.5, 0.6) is 0 Å². The van der Waals surface area contributed by atoms with Gasteiger partial charge in [-0.05, 0) is 64.2 Å². The van der Waals surface area contributed by atoms with Crippen LogP contribution in [0.4, 0.5) is 0 Å². The molecule has 0 saturated carbocycles. The fourth-order valence-corrected chi connectivity index (χ4v) is 3.40. The molecule has 0 radical (unpaired) electrons. The first-order chi connectivity index (χ1) is 8.33. The first-order valence-corrected chi connectivity index (χ1v) is 7.50. The molecule has 2 aliphatic heterocycles. The number of hydrogen-bond acceptors (Lipinski definition) is 3.